The van der Waals surface area contributed by atoms with Crippen LogP contribution in [0.2, 0.25) is 0 Å². The Kier molecular flexibility index (Phi) is 5.28. The third-order valence-electron chi connectivity index (χ3n) is 2.02. The largest absolute Gasteiger partial charge is 0.462 e. The lowest BCUT2D eigenvalue weighted by Crippen LogP contribution is -2.08. The van der Waals surface area contributed by atoms with E-state index >= 15 is 0 Å². The number of nitrogens with zero attached hydrogens (tertiary/aromatic N) is 1. The molecular formula is C13H10BrNO3. The van der Waals surface area contributed by atoms with Crippen LogP contribution in [0.3, 0.4) is 0 Å². The van der Waals surface area contributed by atoms with Gasteiger partial charge in [-0.25, -0.2) is 4.79 Å². The third-order valence-corrected chi connectivity index (χ3v) is 2.55. The molecule has 0 fully saturated rings. The third kappa shape index (κ3) is 3.82. The molecule has 0 saturated heterocycles. The zero-order valence-corrected chi connectivity index (χ0v) is 11.2. The first-order valence-electron chi connectivity index (χ1n) is 5.17. The Balaban J connectivity index is 2.93. The van der Waals surface area contributed by atoms with Crippen LogP contribution in [0.1, 0.15) is 17.3 Å². The number of nitriles is 1. The van der Waals surface area contributed by atoms with Gasteiger partial charge in [0.2, 0.25) is 0 Å². The zero-order valence-electron chi connectivity index (χ0n) is 9.64. The summed E-state index contributed by atoms with van der Waals surface area (Å²) in [5.74, 6) is -1.20. The van der Waals surface area contributed by atoms with Gasteiger partial charge in [-0.05, 0) is 31.2 Å². The Morgan fingerprint density at radius 3 is 2.50 bits per heavy atom. The van der Waals surface area contributed by atoms with Crippen LogP contribution < -0.4 is 0 Å². The summed E-state index contributed by atoms with van der Waals surface area (Å²) in [6.07, 6.45) is 0.987. The van der Waals surface area contributed by atoms with E-state index in [0.717, 1.165) is 10.5 Å². The number of carbonyl (C=O) groups is 2. The number of hydrogen-bond donors (Lipinski definition) is 0. The lowest BCUT2D eigenvalue weighted by Gasteiger charge is -1.99. The fraction of sp³-hybridized carbons (Fsp3) is 0.154. The number of benzene rings is 1. The van der Waals surface area contributed by atoms with E-state index in [2.05, 4.69) is 20.7 Å². The van der Waals surface area contributed by atoms with Crippen LogP contribution >= 0.6 is 15.9 Å². The van der Waals surface area contributed by atoms with Crippen molar-refractivity contribution < 1.29 is 14.3 Å². The van der Waals surface area contributed by atoms with Gasteiger partial charge < -0.3 is 4.74 Å². The molecule has 0 unspecified atom stereocenters. The molecule has 0 aliphatic carbocycles. The summed E-state index contributed by atoms with van der Waals surface area (Å²) in [7, 11) is 0. The number of hydrogen-bond acceptors (Lipinski definition) is 4. The maximum Gasteiger partial charge on any atom is 0.349 e. The first-order chi connectivity index (χ1) is 8.58. The van der Waals surface area contributed by atoms with E-state index < -0.39 is 11.8 Å². The second kappa shape index (κ2) is 6.72. The van der Waals surface area contributed by atoms with Crippen LogP contribution in [0, 0.1) is 11.3 Å². The van der Waals surface area contributed by atoms with Gasteiger partial charge in [0.15, 0.2) is 5.78 Å². The van der Waals surface area contributed by atoms with Gasteiger partial charge in [-0.3, -0.25) is 4.79 Å². The summed E-state index contributed by atoms with van der Waals surface area (Å²) in [5.41, 5.74) is 0.0972. The van der Waals surface area contributed by atoms with Gasteiger partial charge in [0.1, 0.15) is 11.6 Å². The summed E-state index contributed by atoms with van der Waals surface area (Å²) >= 11 is 3.25. The van der Waals surface area contributed by atoms with E-state index in [1.165, 1.54) is 0 Å². The van der Waals surface area contributed by atoms with Crippen LogP contribution in [0.15, 0.2) is 40.4 Å². The predicted molar refractivity (Wildman–Crippen MR) is 68.8 cm³/mol. The summed E-state index contributed by atoms with van der Waals surface area (Å²) in [5, 5.41) is 8.78. The number of esters is 1. The highest BCUT2D eigenvalue weighted by molar-refractivity contribution is 9.10. The quantitative estimate of drug-likeness (QED) is 0.371. The van der Waals surface area contributed by atoms with Crippen molar-refractivity contribution in [3.05, 3.63) is 46.0 Å². The van der Waals surface area contributed by atoms with E-state index in [0.29, 0.717) is 5.56 Å². The summed E-state index contributed by atoms with van der Waals surface area (Å²) in [6, 6.07) is 8.27. The fourth-order valence-electron chi connectivity index (χ4n) is 1.17. The molecule has 1 rings (SSSR count). The lowest BCUT2D eigenvalue weighted by molar-refractivity contribution is -0.138. The maximum absolute atomic E-state index is 11.8. The minimum Gasteiger partial charge on any atom is -0.462 e. The van der Waals surface area contributed by atoms with Gasteiger partial charge >= 0.3 is 5.97 Å². The molecule has 0 atom stereocenters. The molecule has 0 saturated carbocycles. The molecule has 1 aromatic carbocycles. The van der Waals surface area contributed by atoms with E-state index in [4.69, 9.17) is 5.26 Å². The van der Waals surface area contributed by atoms with Crippen molar-refractivity contribution >= 4 is 27.7 Å². The predicted octanol–water partition coefficient (Wildman–Crippen LogP) is 2.64. The maximum atomic E-state index is 11.8. The molecular weight excluding hydrogens is 298 g/mol. The van der Waals surface area contributed by atoms with E-state index in [1.807, 2.05) is 0 Å². The molecule has 5 heteroatoms. The molecule has 18 heavy (non-hydrogen) atoms. The summed E-state index contributed by atoms with van der Waals surface area (Å²) < 4.78 is 5.50. The summed E-state index contributed by atoms with van der Waals surface area (Å²) in [4.78, 5) is 23.1. The van der Waals surface area contributed by atoms with Gasteiger partial charge in [0.25, 0.3) is 0 Å². The first kappa shape index (κ1) is 14.1. The Labute approximate surface area is 113 Å². The van der Waals surface area contributed by atoms with Crippen LogP contribution in [0.4, 0.5) is 0 Å². The molecule has 0 amide bonds. The number of ketones is 1. The molecule has 4 nitrogen and oxygen atoms in total. The molecule has 0 aliphatic rings. The van der Waals surface area contributed by atoms with Crippen LogP contribution in [-0.2, 0) is 9.53 Å². The highest BCUT2D eigenvalue weighted by atomic mass is 79.9. The number of ether oxygens (including phenoxy) is 1. The average Bonchev–Trinajstić information content (AvgIpc) is 2.36. The van der Waals surface area contributed by atoms with Crippen molar-refractivity contribution in [3.8, 4) is 6.07 Å². The minimum atomic E-state index is -0.787. The first-order valence-corrected chi connectivity index (χ1v) is 5.96. The second-order valence-electron chi connectivity index (χ2n) is 3.26. The average molecular weight is 308 g/mol. The Morgan fingerprint density at radius 1 is 1.39 bits per heavy atom. The van der Waals surface area contributed by atoms with Gasteiger partial charge in [-0.2, -0.15) is 5.26 Å². The fourth-order valence-corrected chi connectivity index (χ4v) is 1.44. The van der Waals surface area contributed by atoms with Crippen LogP contribution in [0.25, 0.3) is 0 Å². The molecule has 0 N–H and O–H groups in total. The van der Waals surface area contributed by atoms with Crippen molar-refractivity contribution in [1.82, 2.24) is 0 Å². The molecule has 1 aromatic rings. The second-order valence-corrected chi connectivity index (χ2v) is 4.18. The van der Waals surface area contributed by atoms with Crippen molar-refractivity contribution in [2.24, 2.45) is 0 Å². The number of carbonyl (C=O) groups excluding carboxylic acids is 2. The van der Waals surface area contributed by atoms with E-state index in [1.54, 1.807) is 37.3 Å². The number of halogens is 1. The molecule has 0 aliphatic heterocycles. The topological polar surface area (TPSA) is 67.2 Å². The molecule has 0 spiro atoms. The van der Waals surface area contributed by atoms with Crippen LogP contribution in [-0.4, -0.2) is 18.4 Å². The monoisotopic (exact) mass is 307 g/mol. The highest BCUT2D eigenvalue weighted by Crippen LogP contribution is 2.12. The normalized spacial score (nSPS) is 10.6. The molecule has 92 valence electrons. The Bertz CT molecular complexity index is 526. The van der Waals surface area contributed by atoms with Crippen molar-refractivity contribution in [1.29, 1.82) is 5.26 Å². The smallest absolute Gasteiger partial charge is 0.349 e. The van der Waals surface area contributed by atoms with Gasteiger partial charge in [0.05, 0.1) is 6.61 Å². The van der Waals surface area contributed by atoms with E-state index in [9.17, 15) is 9.59 Å². The van der Waals surface area contributed by atoms with Gasteiger partial charge in [0, 0.05) is 16.1 Å². The Morgan fingerprint density at radius 2 is 2.00 bits per heavy atom. The summed E-state index contributed by atoms with van der Waals surface area (Å²) in [6.45, 7) is 1.79. The zero-order chi connectivity index (χ0) is 13.5. The molecule has 0 radical (unpaired) electrons. The van der Waals surface area contributed by atoms with Crippen molar-refractivity contribution in [2.45, 2.75) is 6.92 Å². The SMILES string of the molecule is CCOC(=O)C(C#N)=CC(=O)c1ccc(Br)cc1. The highest BCUT2D eigenvalue weighted by Gasteiger charge is 2.12. The molecule has 0 aromatic heterocycles. The molecule has 0 bridgehead atoms. The lowest BCUT2D eigenvalue weighted by atomic mass is 10.1. The van der Waals surface area contributed by atoms with Crippen molar-refractivity contribution in [3.63, 3.8) is 0 Å². The minimum absolute atomic E-state index is 0.157. The standard InChI is InChI=1S/C13H10BrNO3/c1-2-18-13(17)10(8-15)7-12(16)9-3-5-11(14)6-4-9/h3-7H,2H2,1H3. The van der Waals surface area contributed by atoms with Crippen molar-refractivity contribution in [2.75, 3.05) is 6.61 Å². The molecule has 0 heterocycles. The van der Waals surface area contributed by atoms with E-state index in [-0.39, 0.29) is 12.2 Å². The Hall–Kier alpha value is -1.93. The number of rotatable bonds is 4. The van der Waals surface area contributed by atoms with Crippen LogP contribution in [0.5, 0.6) is 0 Å². The van der Waals surface area contributed by atoms with Gasteiger partial charge in [-0.1, -0.05) is 15.9 Å². The van der Waals surface area contributed by atoms with Gasteiger partial charge in [-0.15, -0.1) is 0 Å². The number of allylic oxidation sites excluding steroid dienone is 1.